The van der Waals surface area contributed by atoms with E-state index < -0.39 is 0 Å². The zero-order valence-electron chi connectivity index (χ0n) is 20.4. The molecule has 1 unspecified atom stereocenters. The van der Waals surface area contributed by atoms with Crippen molar-refractivity contribution >= 4 is 49.4 Å². The number of methoxy groups -OCH3 is 1. The van der Waals surface area contributed by atoms with Crippen molar-refractivity contribution in [2.45, 2.75) is 26.2 Å². The first kappa shape index (κ1) is 24.8. The number of hydrogen-bond acceptors (Lipinski definition) is 3. The Hall–Kier alpha value is -2.89. The maximum Gasteiger partial charge on any atom is 0.188 e. The molecule has 182 valence electrons. The SMILES string of the molecule is COc1ccc(C2=CC(c3ccc(Br)cc3)C3=C(CC(C)(C)/C(=C/c4ccc(Br)cc4)C3=O)N2)cc1. The predicted molar refractivity (Wildman–Crippen MR) is 154 cm³/mol. The Morgan fingerprint density at radius 2 is 1.53 bits per heavy atom. The van der Waals surface area contributed by atoms with Gasteiger partial charge < -0.3 is 10.1 Å². The summed E-state index contributed by atoms with van der Waals surface area (Å²) in [5.41, 5.74) is 6.54. The molecule has 5 heteroatoms. The van der Waals surface area contributed by atoms with Crippen LogP contribution in [0.2, 0.25) is 0 Å². The van der Waals surface area contributed by atoms with Crippen LogP contribution in [0.15, 0.2) is 105 Å². The van der Waals surface area contributed by atoms with Crippen molar-refractivity contribution in [1.29, 1.82) is 0 Å². The van der Waals surface area contributed by atoms with Gasteiger partial charge in [0.2, 0.25) is 0 Å². The van der Waals surface area contributed by atoms with E-state index in [1.54, 1.807) is 7.11 Å². The van der Waals surface area contributed by atoms with Crippen molar-refractivity contribution in [3.63, 3.8) is 0 Å². The van der Waals surface area contributed by atoms with Crippen LogP contribution in [0.1, 0.15) is 42.9 Å². The number of dihydropyridines is 1. The summed E-state index contributed by atoms with van der Waals surface area (Å²) in [5.74, 6) is 0.772. The molecule has 0 amide bonds. The third kappa shape index (κ3) is 4.87. The summed E-state index contributed by atoms with van der Waals surface area (Å²) in [5, 5.41) is 3.63. The van der Waals surface area contributed by atoms with Crippen molar-refractivity contribution in [3.05, 3.63) is 121 Å². The molecule has 5 rings (SSSR count). The number of Topliss-reactive ketones (excluding diaryl/α,β-unsaturated/α-hetero) is 1. The van der Waals surface area contributed by atoms with E-state index in [0.717, 1.165) is 60.3 Å². The average molecular weight is 605 g/mol. The fraction of sp³-hybridized carbons (Fsp3) is 0.194. The number of benzene rings is 3. The lowest BCUT2D eigenvalue weighted by Gasteiger charge is -2.40. The Bertz CT molecular complexity index is 1400. The van der Waals surface area contributed by atoms with E-state index in [1.165, 1.54) is 0 Å². The number of ether oxygens (including phenoxy) is 1. The Kier molecular flexibility index (Phi) is 6.80. The minimum absolute atomic E-state index is 0.106. The van der Waals surface area contributed by atoms with E-state index in [1.807, 2.05) is 48.5 Å². The molecule has 3 aromatic rings. The third-order valence-corrected chi connectivity index (χ3v) is 7.96. The topological polar surface area (TPSA) is 38.3 Å². The van der Waals surface area contributed by atoms with Crippen molar-refractivity contribution in [3.8, 4) is 5.75 Å². The molecule has 1 N–H and O–H groups in total. The number of carbonyl (C=O) groups is 1. The van der Waals surface area contributed by atoms with E-state index in [4.69, 9.17) is 4.74 Å². The molecule has 1 atom stereocenters. The maximum absolute atomic E-state index is 14.2. The molecule has 3 aromatic carbocycles. The van der Waals surface area contributed by atoms with Gasteiger partial charge in [-0.3, -0.25) is 4.79 Å². The van der Waals surface area contributed by atoms with Crippen LogP contribution in [-0.2, 0) is 4.79 Å². The lowest BCUT2D eigenvalue weighted by Crippen LogP contribution is -2.37. The van der Waals surface area contributed by atoms with Crippen molar-refractivity contribution in [2.24, 2.45) is 5.41 Å². The number of hydrogen-bond donors (Lipinski definition) is 1. The van der Waals surface area contributed by atoms with Crippen molar-refractivity contribution in [1.82, 2.24) is 5.32 Å². The monoisotopic (exact) mass is 603 g/mol. The lowest BCUT2D eigenvalue weighted by molar-refractivity contribution is -0.113. The minimum atomic E-state index is -0.317. The van der Waals surface area contributed by atoms with Gasteiger partial charge in [-0.15, -0.1) is 0 Å². The van der Waals surface area contributed by atoms with Gasteiger partial charge in [-0.05, 0) is 89.2 Å². The third-order valence-electron chi connectivity index (χ3n) is 6.90. The number of nitrogens with one attached hydrogen (secondary N) is 1. The molecule has 0 saturated carbocycles. The highest BCUT2D eigenvalue weighted by Gasteiger charge is 2.42. The van der Waals surface area contributed by atoms with Crippen LogP contribution in [0.25, 0.3) is 11.8 Å². The Morgan fingerprint density at radius 1 is 0.917 bits per heavy atom. The predicted octanol–water partition coefficient (Wildman–Crippen LogP) is 8.28. The molecular formula is C31H27Br2NO2. The maximum atomic E-state index is 14.2. The second-order valence-electron chi connectivity index (χ2n) is 9.85. The first-order valence-electron chi connectivity index (χ1n) is 11.9. The second-order valence-corrected chi connectivity index (χ2v) is 11.7. The Morgan fingerprint density at radius 3 is 2.14 bits per heavy atom. The molecule has 1 aliphatic heterocycles. The smallest absolute Gasteiger partial charge is 0.188 e. The standard InChI is InChI=1S/C31H27Br2NO2/c1-31(2)18-28-29(30(35)26(31)16-19-4-10-22(32)11-5-19)25(20-6-12-23(33)13-7-20)17-27(34-28)21-8-14-24(36-3)15-9-21/h4-17,25,34H,18H2,1-3H3/b26-16+. The highest BCUT2D eigenvalue weighted by molar-refractivity contribution is 9.10. The van der Waals surface area contributed by atoms with Gasteiger partial charge in [-0.1, -0.05) is 70.0 Å². The number of rotatable bonds is 4. The van der Waals surface area contributed by atoms with Crippen molar-refractivity contribution < 1.29 is 9.53 Å². The summed E-state index contributed by atoms with van der Waals surface area (Å²) in [6, 6.07) is 24.4. The largest absolute Gasteiger partial charge is 0.497 e. The van der Waals surface area contributed by atoms with E-state index in [2.05, 4.69) is 87.4 Å². The van der Waals surface area contributed by atoms with Gasteiger partial charge in [0.05, 0.1) is 7.11 Å². The average Bonchev–Trinajstić information content (AvgIpc) is 2.87. The highest BCUT2D eigenvalue weighted by atomic mass is 79.9. The Balaban J connectivity index is 1.62. The van der Waals surface area contributed by atoms with E-state index in [9.17, 15) is 4.79 Å². The zero-order chi connectivity index (χ0) is 25.4. The summed E-state index contributed by atoms with van der Waals surface area (Å²) in [6.45, 7) is 4.31. The quantitative estimate of drug-likeness (QED) is 0.305. The molecule has 36 heavy (non-hydrogen) atoms. The van der Waals surface area contributed by atoms with Gasteiger partial charge in [-0.25, -0.2) is 0 Å². The van der Waals surface area contributed by atoms with Gasteiger partial charge in [-0.2, -0.15) is 0 Å². The molecule has 0 saturated heterocycles. The van der Waals surface area contributed by atoms with Crippen LogP contribution in [0.4, 0.5) is 0 Å². The van der Waals surface area contributed by atoms with Gasteiger partial charge in [0.1, 0.15) is 5.75 Å². The summed E-state index contributed by atoms with van der Waals surface area (Å²) in [6.07, 6.45) is 4.98. The molecule has 0 fully saturated rings. The van der Waals surface area contributed by atoms with Gasteiger partial charge in [0, 0.05) is 37.4 Å². The summed E-state index contributed by atoms with van der Waals surface area (Å²) in [7, 11) is 1.67. The van der Waals surface area contributed by atoms with Crippen LogP contribution in [0, 0.1) is 5.41 Å². The number of halogens is 2. The molecule has 0 radical (unpaired) electrons. The normalized spacial score (nSPS) is 20.0. The van der Waals surface area contributed by atoms with Gasteiger partial charge in [0.15, 0.2) is 5.78 Å². The summed E-state index contributed by atoms with van der Waals surface area (Å²) in [4.78, 5) is 14.2. The molecule has 1 heterocycles. The second kappa shape index (κ2) is 9.87. The van der Waals surface area contributed by atoms with Crippen LogP contribution in [0.3, 0.4) is 0 Å². The lowest BCUT2D eigenvalue weighted by atomic mass is 9.67. The first-order valence-corrected chi connectivity index (χ1v) is 13.5. The van der Waals surface area contributed by atoms with Crippen LogP contribution in [-0.4, -0.2) is 12.9 Å². The molecule has 0 bridgehead atoms. The minimum Gasteiger partial charge on any atom is -0.497 e. The van der Waals surface area contributed by atoms with Crippen LogP contribution >= 0.6 is 31.9 Å². The molecule has 3 nitrogen and oxygen atoms in total. The molecule has 2 aliphatic rings. The van der Waals surface area contributed by atoms with E-state index in [-0.39, 0.29) is 17.1 Å². The van der Waals surface area contributed by atoms with Crippen LogP contribution in [0.5, 0.6) is 5.75 Å². The fourth-order valence-corrected chi connectivity index (χ4v) is 5.50. The summed E-state index contributed by atoms with van der Waals surface area (Å²) < 4.78 is 7.38. The first-order chi connectivity index (χ1) is 17.2. The van der Waals surface area contributed by atoms with Gasteiger partial charge >= 0.3 is 0 Å². The molecule has 1 aliphatic carbocycles. The molecule has 0 spiro atoms. The van der Waals surface area contributed by atoms with Crippen LogP contribution < -0.4 is 10.1 Å². The van der Waals surface area contributed by atoms with E-state index >= 15 is 0 Å². The zero-order valence-corrected chi connectivity index (χ0v) is 23.6. The highest BCUT2D eigenvalue weighted by Crippen LogP contribution is 2.48. The van der Waals surface area contributed by atoms with Gasteiger partial charge in [0.25, 0.3) is 0 Å². The molecule has 0 aromatic heterocycles. The fourth-order valence-electron chi connectivity index (χ4n) is 4.98. The number of ketones is 1. The number of allylic oxidation sites excluding steroid dienone is 4. The Labute approximate surface area is 229 Å². The number of carbonyl (C=O) groups excluding carboxylic acids is 1. The van der Waals surface area contributed by atoms with E-state index in [0.29, 0.717) is 0 Å². The molecular weight excluding hydrogens is 578 g/mol. The van der Waals surface area contributed by atoms with Crippen molar-refractivity contribution in [2.75, 3.05) is 7.11 Å². The summed E-state index contributed by atoms with van der Waals surface area (Å²) >= 11 is 7.05.